The lowest BCUT2D eigenvalue weighted by Gasteiger charge is -2.32. The highest BCUT2D eigenvalue weighted by Gasteiger charge is 2.27. The van der Waals surface area contributed by atoms with Crippen molar-refractivity contribution in [3.05, 3.63) is 47.8 Å². The van der Waals surface area contributed by atoms with Gasteiger partial charge in [0, 0.05) is 19.1 Å². The molecule has 1 aliphatic rings. The molecule has 29 heavy (non-hydrogen) atoms. The van der Waals surface area contributed by atoms with Crippen LogP contribution in [0.3, 0.4) is 0 Å². The summed E-state index contributed by atoms with van der Waals surface area (Å²) in [4.78, 5) is 25.8. The van der Waals surface area contributed by atoms with Gasteiger partial charge in [0.05, 0.1) is 6.54 Å². The summed E-state index contributed by atoms with van der Waals surface area (Å²) in [5.41, 5.74) is 0. The predicted molar refractivity (Wildman–Crippen MR) is 109 cm³/mol. The van der Waals surface area contributed by atoms with Crippen LogP contribution in [0.4, 0.5) is 0 Å². The minimum absolute atomic E-state index is 0.109. The molecule has 0 aliphatic carbocycles. The zero-order valence-electron chi connectivity index (χ0n) is 15.7. The third kappa shape index (κ3) is 6.28. The van der Waals surface area contributed by atoms with Gasteiger partial charge in [0.2, 0.25) is 15.9 Å². The smallest absolute Gasteiger partial charge is 0.258 e. The average Bonchev–Trinajstić information content (AvgIpc) is 3.27. The van der Waals surface area contributed by atoms with Crippen molar-refractivity contribution in [2.45, 2.75) is 23.1 Å². The number of carbonyl (C=O) groups is 2. The van der Waals surface area contributed by atoms with E-state index in [2.05, 4.69) is 10.0 Å². The molecule has 1 aliphatic heterocycles. The lowest BCUT2D eigenvalue weighted by atomic mass is 10.1. The van der Waals surface area contributed by atoms with Crippen LogP contribution in [-0.2, 0) is 19.6 Å². The number of rotatable bonds is 8. The number of nitrogens with one attached hydrogen (secondary N) is 2. The van der Waals surface area contributed by atoms with Crippen molar-refractivity contribution < 1.29 is 22.7 Å². The average molecular weight is 438 g/mol. The molecular weight excluding hydrogens is 414 g/mol. The molecule has 0 unspecified atom stereocenters. The maximum Gasteiger partial charge on any atom is 0.258 e. The van der Waals surface area contributed by atoms with Crippen molar-refractivity contribution in [3.63, 3.8) is 0 Å². The van der Waals surface area contributed by atoms with Gasteiger partial charge in [-0.15, -0.1) is 11.3 Å². The monoisotopic (exact) mass is 437 g/mol. The molecule has 2 heterocycles. The molecule has 2 N–H and O–H groups in total. The highest BCUT2D eigenvalue weighted by atomic mass is 32.2. The number of amides is 2. The summed E-state index contributed by atoms with van der Waals surface area (Å²) in [7, 11) is -3.51. The van der Waals surface area contributed by atoms with E-state index in [0.29, 0.717) is 31.7 Å². The van der Waals surface area contributed by atoms with E-state index in [1.807, 2.05) is 6.07 Å². The standard InChI is InChI=1S/C19H23N3O5S2/c23-17(14-27-16-5-2-1-3-6-16)20-13-18(24)22-10-8-15(9-11-22)21-29(25,26)19-7-4-12-28-19/h1-7,12,15,21H,8-11,13-14H2,(H,20,23). The molecule has 2 amide bonds. The van der Waals surface area contributed by atoms with Crippen molar-refractivity contribution in [1.29, 1.82) is 0 Å². The largest absolute Gasteiger partial charge is 0.484 e. The first-order chi connectivity index (χ1) is 13.9. The van der Waals surface area contributed by atoms with E-state index in [1.165, 1.54) is 11.3 Å². The van der Waals surface area contributed by atoms with E-state index in [9.17, 15) is 18.0 Å². The van der Waals surface area contributed by atoms with Crippen molar-refractivity contribution in [2.24, 2.45) is 0 Å². The number of nitrogens with zero attached hydrogens (tertiary/aromatic N) is 1. The number of thiophene rings is 1. The summed E-state index contributed by atoms with van der Waals surface area (Å²) >= 11 is 1.17. The first-order valence-corrected chi connectivity index (χ1v) is 11.6. The highest BCUT2D eigenvalue weighted by Crippen LogP contribution is 2.18. The lowest BCUT2D eigenvalue weighted by Crippen LogP contribution is -2.49. The molecule has 156 valence electrons. The number of carbonyl (C=O) groups excluding carboxylic acids is 2. The molecule has 1 fully saturated rings. The Labute approximate surface area is 173 Å². The van der Waals surface area contributed by atoms with Crippen molar-refractivity contribution in [1.82, 2.24) is 14.9 Å². The molecule has 1 aromatic heterocycles. The topological polar surface area (TPSA) is 105 Å². The van der Waals surface area contributed by atoms with Gasteiger partial charge in [0.15, 0.2) is 6.61 Å². The molecule has 0 bridgehead atoms. The molecular formula is C19H23N3O5S2. The summed E-state index contributed by atoms with van der Waals surface area (Å²) in [6.45, 7) is 0.603. The van der Waals surface area contributed by atoms with Gasteiger partial charge >= 0.3 is 0 Å². The van der Waals surface area contributed by atoms with Gasteiger partial charge < -0.3 is 15.0 Å². The Morgan fingerprint density at radius 1 is 1.10 bits per heavy atom. The maximum absolute atomic E-state index is 12.3. The fourth-order valence-electron chi connectivity index (χ4n) is 2.94. The summed E-state index contributed by atoms with van der Waals surface area (Å²) in [5.74, 6) is 0.0134. The fraction of sp³-hybridized carbons (Fsp3) is 0.368. The van der Waals surface area contributed by atoms with E-state index in [1.54, 1.807) is 46.7 Å². The maximum atomic E-state index is 12.3. The number of piperidine rings is 1. The zero-order valence-corrected chi connectivity index (χ0v) is 17.4. The Morgan fingerprint density at radius 2 is 1.83 bits per heavy atom. The van der Waals surface area contributed by atoms with Crippen molar-refractivity contribution in [2.75, 3.05) is 26.2 Å². The van der Waals surface area contributed by atoms with Gasteiger partial charge in [-0.25, -0.2) is 13.1 Å². The highest BCUT2D eigenvalue weighted by molar-refractivity contribution is 7.91. The van der Waals surface area contributed by atoms with Crippen LogP contribution in [-0.4, -0.2) is 57.4 Å². The molecule has 2 aromatic rings. The molecule has 0 atom stereocenters. The number of para-hydroxylation sites is 1. The van der Waals surface area contributed by atoms with Crippen LogP contribution in [0.15, 0.2) is 52.1 Å². The Kier molecular flexibility index (Phi) is 7.24. The number of benzene rings is 1. The minimum Gasteiger partial charge on any atom is -0.484 e. The van der Waals surface area contributed by atoms with Crippen LogP contribution >= 0.6 is 11.3 Å². The number of likely N-dealkylation sites (tertiary alicyclic amines) is 1. The number of ether oxygens (including phenoxy) is 1. The third-order valence-electron chi connectivity index (χ3n) is 4.48. The molecule has 0 saturated carbocycles. The van der Waals surface area contributed by atoms with E-state index in [-0.39, 0.29) is 35.2 Å². The molecule has 0 spiro atoms. The van der Waals surface area contributed by atoms with Crippen LogP contribution in [0.1, 0.15) is 12.8 Å². The second-order valence-corrected chi connectivity index (χ2v) is 9.48. The summed E-state index contributed by atoms with van der Waals surface area (Å²) in [5, 5.41) is 4.27. The summed E-state index contributed by atoms with van der Waals surface area (Å²) in [6.07, 6.45) is 1.06. The van der Waals surface area contributed by atoms with Gasteiger partial charge in [-0.3, -0.25) is 9.59 Å². The van der Waals surface area contributed by atoms with Gasteiger partial charge in [0.1, 0.15) is 9.96 Å². The minimum atomic E-state index is -3.51. The zero-order chi connectivity index (χ0) is 20.7. The molecule has 0 radical (unpaired) electrons. The molecule has 1 saturated heterocycles. The Morgan fingerprint density at radius 3 is 2.48 bits per heavy atom. The van der Waals surface area contributed by atoms with Gasteiger partial charge in [-0.1, -0.05) is 24.3 Å². The number of hydrogen-bond donors (Lipinski definition) is 2. The normalized spacial score (nSPS) is 15.1. The summed E-state index contributed by atoms with van der Waals surface area (Å²) in [6, 6.07) is 12.0. The first-order valence-electron chi connectivity index (χ1n) is 9.22. The van der Waals surface area contributed by atoms with Crippen LogP contribution < -0.4 is 14.8 Å². The third-order valence-corrected chi connectivity index (χ3v) is 7.40. The quantitative estimate of drug-likeness (QED) is 0.646. The Hall–Kier alpha value is -2.43. The van der Waals surface area contributed by atoms with Gasteiger partial charge in [-0.05, 0) is 36.4 Å². The molecule has 8 nitrogen and oxygen atoms in total. The SMILES string of the molecule is O=C(COc1ccccc1)NCC(=O)N1CCC(NS(=O)(=O)c2cccs2)CC1. The molecule has 10 heteroatoms. The second kappa shape index (κ2) is 9.86. The van der Waals surface area contributed by atoms with Crippen molar-refractivity contribution in [3.8, 4) is 5.75 Å². The lowest BCUT2D eigenvalue weighted by molar-refractivity contribution is -0.134. The fourth-order valence-corrected chi connectivity index (χ4v) is 5.26. The number of hydrogen-bond acceptors (Lipinski definition) is 6. The molecule has 1 aromatic carbocycles. The van der Waals surface area contributed by atoms with Crippen LogP contribution in [0.2, 0.25) is 0 Å². The van der Waals surface area contributed by atoms with Crippen molar-refractivity contribution >= 4 is 33.2 Å². The Balaban J connectivity index is 1.37. The van der Waals surface area contributed by atoms with Gasteiger partial charge in [0.25, 0.3) is 5.91 Å². The number of sulfonamides is 1. The second-order valence-electron chi connectivity index (χ2n) is 6.59. The predicted octanol–water partition coefficient (Wildman–Crippen LogP) is 1.21. The first kappa shape index (κ1) is 21.3. The summed E-state index contributed by atoms with van der Waals surface area (Å²) < 4.78 is 32.9. The van der Waals surface area contributed by atoms with Crippen LogP contribution in [0.25, 0.3) is 0 Å². The van der Waals surface area contributed by atoms with Crippen LogP contribution in [0, 0.1) is 0 Å². The van der Waals surface area contributed by atoms with Gasteiger partial charge in [-0.2, -0.15) is 0 Å². The van der Waals surface area contributed by atoms with E-state index in [0.717, 1.165) is 0 Å². The van der Waals surface area contributed by atoms with E-state index in [4.69, 9.17) is 4.74 Å². The van der Waals surface area contributed by atoms with E-state index < -0.39 is 10.0 Å². The Bertz CT molecular complexity index is 909. The van der Waals surface area contributed by atoms with E-state index >= 15 is 0 Å². The molecule has 3 rings (SSSR count). The van der Waals surface area contributed by atoms with Crippen LogP contribution in [0.5, 0.6) is 5.75 Å².